The zero-order valence-electron chi connectivity index (χ0n) is 18.3. The molecule has 9 heteroatoms. The summed E-state index contributed by atoms with van der Waals surface area (Å²) < 4.78 is 48.8. The minimum atomic E-state index is -4.67. The zero-order valence-corrected chi connectivity index (χ0v) is 20.7. The van der Waals surface area contributed by atoms with Crippen molar-refractivity contribution in [3.8, 4) is 11.3 Å². The van der Waals surface area contributed by atoms with Crippen LogP contribution in [0.3, 0.4) is 0 Å². The molecule has 1 aromatic carbocycles. The number of halogens is 4. The van der Waals surface area contributed by atoms with Gasteiger partial charge in [0.1, 0.15) is 0 Å². The maximum atomic E-state index is 12.9. The van der Waals surface area contributed by atoms with Crippen LogP contribution in [-0.2, 0) is 26.5 Å². The molecule has 2 N–H and O–H groups in total. The number of pyridine rings is 1. The molecule has 179 valence electrons. The van der Waals surface area contributed by atoms with Crippen LogP contribution in [0.15, 0.2) is 48.8 Å². The van der Waals surface area contributed by atoms with Gasteiger partial charge in [0.25, 0.3) is 0 Å². The van der Waals surface area contributed by atoms with Gasteiger partial charge in [0.05, 0.1) is 6.54 Å². The molecule has 1 aromatic heterocycles. The number of aliphatic hydroxyl groups is 1. The van der Waals surface area contributed by atoms with E-state index in [4.69, 9.17) is 10.5 Å². The second-order valence-electron chi connectivity index (χ2n) is 8.37. The molecule has 0 fully saturated rings. The first-order chi connectivity index (χ1) is 14.2. The Morgan fingerprint density at radius 2 is 1.81 bits per heavy atom. The molecule has 0 saturated heterocycles. The summed E-state index contributed by atoms with van der Waals surface area (Å²) in [5.41, 5.74) is 0.381. The van der Waals surface area contributed by atoms with Crippen molar-refractivity contribution in [1.82, 2.24) is 10.3 Å². The Labute approximate surface area is 200 Å². The third kappa shape index (κ3) is 11.0. The van der Waals surface area contributed by atoms with Crippen LogP contribution in [0.4, 0.5) is 17.6 Å². The molecule has 0 aliphatic carbocycles. The van der Waals surface area contributed by atoms with Crippen molar-refractivity contribution < 1.29 is 42.8 Å². The maximum Gasteiger partial charge on any atom is 0.418 e. The molecule has 1 atom stereocenters. The van der Waals surface area contributed by atoms with Gasteiger partial charge in [-0.1, -0.05) is 38.5 Å². The summed E-state index contributed by atoms with van der Waals surface area (Å²) in [6.07, 6.45) is 0.982. The van der Waals surface area contributed by atoms with E-state index >= 15 is 0 Å². The van der Waals surface area contributed by atoms with Gasteiger partial charge in [0, 0.05) is 32.1 Å². The summed E-state index contributed by atoms with van der Waals surface area (Å²) in [5.74, 6) is -0.274. The first kappa shape index (κ1) is 29.9. The van der Waals surface area contributed by atoms with Crippen molar-refractivity contribution in [2.75, 3.05) is 6.54 Å². The van der Waals surface area contributed by atoms with E-state index in [0.717, 1.165) is 30.0 Å². The van der Waals surface area contributed by atoms with Crippen LogP contribution >= 0.6 is 0 Å². The van der Waals surface area contributed by atoms with Gasteiger partial charge in [-0.2, -0.15) is 19.4 Å². The van der Waals surface area contributed by atoms with Crippen molar-refractivity contribution >= 4 is 6.21 Å². The first-order valence-electron chi connectivity index (χ1n) is 9.53. The number of nitrogens with one attached hydrogen (secondary N) is 1. The van der Waals surface area contributed by atoms with Gasteiger partial charge in [-0.15, -0.1) is 29.8 Å². The Balaban J connectivity index is 0.000000617. The Morgan fingerprint density at radius 3 is 2.31 bits per heavy atom. The van der Waals surface area contributed by atoms with E-state index in [1.165, 1.54) is 17.7 Å². The van der Waals surface area contributed by atoms with E-state index in [1.807, 2.05) is 6.07 Å². The largest absolute Gasteiger partial charge is 0.811 e. The van der Waals surface area contributed by atoms with E-state index < -0.39 is 18.3 Å². The van der Waals surface area contributed by atoms with Crippen molar-refractivity contribution in [3.63, 3.8) is 0 Å². The Kier molecular flexibility index (Phi) is 12.0. The molecule has 0 amide bonds. The molecule has 1 radical (unpaired) electrons. The first-order valence-corrected chi connectivity index (χ1v) is 9.53. The van der Waals surface area contributed by atoms with Crippen LogP contribution < -0.4 is 5.32 Å². The molecule has 0 spiro atoms. The van der Waals surface area contributed by atoms with Gasteiger partial charge < -0.3 is 20.8 Å². The zero-order chi connectivity index (χ0) is 23.7. The summed E-state index contributed by atoms with van der Waals surface area (Å²) in [6.45, 7) is 6.61. The van der Waals surface area contributed by atoms with Crippen molar-refractivity contribution in [3.05, 3.63) is 71.7 Å². The summed E-state index contributed by atoms with van der Waals surface area (Å²) in [6, 6.07) is 11.5. The van der Waals surface area contributed by atoms with Crippen LogP contribution in [0, 0.1) is 17.3 Å². The molecule has 0 aliphatic heterocycles. The smallest absolute Gasteiger partial charge is 0.418 e. The van der Waals surface area contributed by atoms with Crippen molar-refractivity contribution in [1.29, 1.82) is 0 Å². The molecule has 32 heavy (non-hydrogen) atoms. The Bertz CT molecular complexity index is 861. The predicted molar refractivity (Wildman–Crippen MR) is 115 cm³/mol. The SMILES string of the molecule is CC(C)(C)Cc1ccnc(-c2[c-]cc(F)cc2)c1.CC(O)(CN/C=C\C=[N-])C(F)(F)F.[Ir]. The van der Waals surface area contributed by atoms with Gasteiger partial charge in [-0.25, -0.2) is 0 Å². The van der Waals surface area contributed by atoms with Crippen molar-refractivity contribution in [2.24, 2.45) is 5.41 Å². The standard InChI is InChI=1S/C16H17FN.C7H10F3N2O.Ir/c1-16(2,3)11-12-8-9-18-15(10-12)13-4-6-14(17)7-5-13;1-6(13,7(8,9)10)5-12-4-2-3-11;/h4,6-10H,11H2,1-3H3;2-4,12-13H,5H2,1H3;/q2*-1;/b;4-2-;. The number of aromatic nitrogens is 1. The van der Waals surface area contributed by atoms with Crippen LogP contribution in [0.5, 0.6) is 0 Å². The van der Waals surface area contributed by atoms with Crippen LogP contribution in [-0.4, -0.2) is 34.6 Å². The number of alkyl halides is 3. The van der Waals surface area contributed by atoms with Crippen LogP contribution in [0.2, 0.25) is 0 Å². The molecule has 2 aromatic rings. The van der Waals surface area contributed by atoms with E-state index in [1.54, 1.807) is 12.3 Å². The van der Waals surface area contributed by atoms with Crippen LogP contribution in [0.25, 0.3) is 16.7 Å². The van der Waals surface area contributed by atoms with Gasteiger partial charge in [-0.3, -0.25) is 4.39 Å². The van der Waals surface area contributed by atoms with E-state index in [-0.39, 0.29) is 31.3 Å². The fraction of sp³-hybridized carbons (Fsp3) is 0.391. The minimum Gasteiger partial charge on any atom is -0.811 e. The fourth-order valence-corrected chi connectivity index (χ4v) is 2.38. The van der Waals surface area contributed by atoms with E-state index in [2.05, 4.69) is 43.2 Å². The van der Waals surface area contributed by atoms with Crippen molar-refractivity contribution in [2.45, 2.75) is 45.9 Å². The topological polar surface area (TPSA) is 67.5 Å². The monoisotopic (exact) mass is 630 g/mol. The number of allylic oxidation sites excluding steroid dienone is 1. The third-order valence-corrected chi connectivity index (χ3v) is 3.97. The molecule has 0 saturated carbocycles. The summed E-state index contributed by atoms with van der Waals surface area (Å²) in [5, 5.41) is 19.2. The maximum absolute atomic E-state index is 12.9. The van der Waals surface area contributed by atoms with Gasteiger partial charge in [0.15, 0.2) is 5.60 Å². The van der Waals surface area contributed by atoms with Crippen LogP contribution in [0.1, 0.15) is 33.3 Å². The average Bonchev–Trinajstić information content (AvgIpc) is 2.64. The summed E-state index contributed by atoms with van der Waals surface area (Å²) in [7, 11) is 0. The number of hydrogen-bond acceptors (Lipinski definition) is 3. The third-order valence-electron chi connectivity index (χ3n) is 3.97. The molecule has 0 aliphatic rings. The molecule has 0 bridgehead atoms. The molecule has 1 unspecified atom stereocenters. The van der Waals surface area contributed by atoms with E-state index in [9.17, 15) is 17.6 Å². The Morgan fingerprint density at radius 1 is 1.16 bits per heavy atom. The minimum absolute atomic E-state index is 0. The van der Waals surface area contributed by atoms with Gasteiger partial charge >= 0.3 is 6.18 Å². The predicted octanol–water partition coefficient (Wildman–Crippen LogP) is 5.32. The number of rotatable bonds is 6. The quantitative estimate of drug-likeness (QED) is 0.259. The average molecular weight is 630 g/mol. The van der Waals surface area contributed by atoms with Gasteiger partial charge in [-0.05, 0) is 36.7 Å². The van der Waals surface area contributed by atoms with E-state index in [0.29, 0.717) is 13.1 Å². The number of hydrogen-bond donors (Lipinski definition) is 2. The fourth-order valence-electron chi connectivity index (χ4n) is 2.38. The molecule has 2 rings (SSSR count). The molecular weight excluding hydrogens is 602 g/mol. The molecular formula is C23H27F4IrN3O-2. The second-order valence-corrected chi connectivity index (χ2v) is 8.37. The molecule has 4 nitrogen and oxygen atoms in total. The Hall–Kier alpha value is -2.09. The van der Waals surface area contributed by atoms with Gasteiger partial charge in [0.2, 0.25) is 0 Å². The summed E-state index contributed by atoms with van der Waals surface area (Å²) in [4.78, 5) is 4.32. The number of nitrogens with zero attached hydrogens (tertiary/aromatic N) is 2. The second kappa shape index (κ2) is 12.8. The summed E-state index contributed by atoms with van der Waals surface area (Å²) >= 11 is 0. The molecule has 1 heterocycles. The normalized spacial score (nSPS) is 13.4. The number of benzene rings is 1.